The summed E-state index contributed by atoms with van der Waals surface area (Å²) in [6, 6.07) is 0. The lowest BCUT2D eigenvalue weighted by Gasteiger charge is -2.66. The summed E-state index contributed by atoms with van der Waals surface area (Å²) >= 11 is 0. The van der Waals surface area contributed by atoms with Gasteiger partial charge in [0, 0.05) is 26.2 Å². The number of rotatable bonds is 7. The average Bonchev–Trinajstić information content (AvgIpc) is 3.18. The standard InChI is InChI=1S/C31H50O7/c1-8-21-24-15-20(37-18(3)32)13-14-30(24,5)28-25(34)16-31(6)22(17(2)9-12-26(35)36-7)10-11-23(31)27(28)29(21)38-19(4)33/h17,20-25,27-29,34H,8-16H2,1-7H3/t17-,20-,21-,22-,23?,24+,25?,27?,28?,29-,30+,31-/m1/s1. The van der Waals surface area contributed by atoms with Gasteiger partial charge in [-0.3, -0.25) is 14.4 Å². The first-order chi connectivity index (χ1) is 17.9. The maximum atomic E-state index is 12.5. The van der Waals surface area contributed by atoms with E-state index in [4.69, 9.17) is 14.2 Å². The Kier molecular flexibility index (Phi) is 8.57. The molecule has 4 saturated carbocycles. The van der Waals surface area contributed by atoms with Gasteiger partial charge in [0.15, 0.2) is 0 Å². The molecular weight excluding hydrogens is 484 g/mol. The molecule has 0 saturated heterocycles. The number of aliphatic hydroxyl groups excluding tert-OH is 1. The lowest BCUT2D eigenvalue weighted by atomic mass is 9.40. The van der Waals surface area contributed by atoms with Crippen LogP contribution in [0.2, 0.25) is 0 Å². The lowest BCUT2D eigenvalue weighted by Crippen LogP contribution is -2.66. The maximum Gasteiger partial charge on any atom is 0.305 e. The monoisotopic (exact) mass is 534 g/mol. The molecule has 7 nitrogen and oxygen atoms in total. The molecule has 0 amide bonds. The second-order valence-electron chi connectivity index (χ2n) is 13.5. The van der Waals surface area contributed by atoms with Crippen LogP contribution in [0.25, 0.3) is 0 Å². The van der Waals surface area contributed by atoms with Crippen molar-refractivity contribution in [1.82, 2.24) is 0 Å². The Bertz CT molecular complexity index is 903. The van der Waals surface area contributed by atoms with Crippen LogP contribution in [0.15, 0.2) is 0 Å². The lowest BCUT2D eigenvalue weighted by molar-refractivity contribution is -0.244. The Labute approximate surface area is 228 Å². The number of carbonyl (C=O) groups excluding carboxylic acids is 3. The van der Waals surface area contributed by atoms with Crippen molar-refractivity contribution in [2.75, 3.05) is 7.11 Å². The molecule has 4 aliphatic carbocycles. The number of methoxy groups -OCH3 is 1. The van der Waals surface area contributed by atoms with Gasteiger partial charge in [-0.25, -0.2) is 0 Å². The number of carbonyl (C=O) groups is 3. The molecule has 0 aromatic rings. The first-order valence-corrected chi connectivity index (χ1v) is 15.0. The van der Waals surface area contributed by atoms with Crippen molar-refractivity contribution < 1.29 is 33.7 Å². The van der Waals surface area contributed by atoms with Gasteiger partial charge in [-0.05, 0) is 97.7 Å². The number of esters is 3. The van der Waals surface area contributed by atoms with Crippen LogP contribution < -0.4 is 0 Å². The summed E-state index contributed by atoms with van der Waals surface area (Å²) in [6.45, 7) is 12.1. The summed E-state index contributed by atoms with van der Waals surface area (Å²) in [5, 5.41) is 12.0. The highest BCUT2D eigenvalue weighted by Gasteiger charge is 2.68. The highest BCUT2D eigenvalue weighted by molar-refractivity contribution is 5.69. The Morgan fingerprint density at radius 2 is 1.68 bits per heavy atom. The summed E-state index contributed by atoms with van der Waals surface area (Å²) in [5.41, 5.74) is -0.182. The van der Waals surface area contributed by atoms with Crippen LogP contribution in [0, 0.1) is 52.3 Å². The normalized spacial score (nSPS) is 44.7. The fourth-order valence-corrected chi connectivity index (χ4v) is 10.3. The van der Waals surface area contributed by atoms with Crippen LogP contribution in [0.4, 0.5) is 0 Å². The maximum absolute atomic E-state index is 12.5. The van der Waals surface area contributed by atoms with Crippen molar-refractivity contribution in [3.63, 3.8) is 0 Å². The van der Waals surface area contributed by atoms with E-state index in [2.05, 4.69) is 27.7 Å². The molecule has 4 unspecified atom stereocenters. The number of fused-ring (bicyclic) bond motifs is 5. The average molecular weight is 535 g/mol. The van der Waals surface area contributed by atoms with E-state index in [1.54, 1.807) is 0 Å². The minimum atomic E-state index is -0.483. The van der Waals surface area contributed by atoms with Crippen molar-refractivity contribution >= 4 is 17.9 Å². The van der Waals surface area contributed by atoms with Gasteiger partial charge in [0.05, 0.1) is 13.2 Å². The first-order valence-electron chi connectivity index (χ1n) is 15.0. The van der Waals surface area contributed by atoms with Crippen molar-refractivity contribution in [2.24, 2.45) is 52.3 Å². The molecule has 12 atom stereocenters. The van der Waals surface area contributed by atoms with Crippen molar-refractivity contribution in [3.05, 3.63) is 0 Å². The van der Waals surface area contributed by atoms with Crippen molar-refractivity contribution in [3.8, 4) is 0 Å². The summed E-state index contributed by atoms with van der Waals surface area (Å²) in [7, 11) is 1.44. The van der Waals surface area contributed by atoms with Crippen LogP contribution in [0.5, 0.6) is 0 Å². The van der Waals surface area contributed by atoms with Gasteiger partial charge in [-0.2, -0.15) is 0 Å². The molecule has 38 heavy (non-hydrogen) atoms. The number of hydrogen-bond donors (Lipinski definition) is 1. The highest BCUT2D eigenvalue weighted by atomic mass is 16.5. The summed E-state index contributed by atoms with van der Waals surface area (Å²) < 4.78 is 16.8. The molecule has 0 bridgehead atoms. The molecule has 4 fully saturated rings. The van der Waals surface area contributed by atoms with Crippen molar-refractivity contribution in [2.45, 2.75) is 118 Å². The zero-order chi connectivity index (χ0) is 28.0. The minimum Gasteiger partial charge on any atom is -0.469 e. The Hall–Kier alpha value is -1.63. The minimum absolute atomic E-state index is 0.0418. The summed E-state index contributed by atoms with van der Waals surface area (Å²) in [4.78, 5) is 36.1. The number of ether oxygens (including phenoxy) is 3. The Balaban J connectivity index is 1.70. The zero-order valence-electron chi connectivity index (χ0n) is 24.5. The summed E-state index contributed by atoms with van der Waals surface area (Å²) in [6.07, 6.45) is 6.57. The molecule has 0 aromatic heterocycles. The van der Waals surface area contributed by atoms with Crippen LogP contribution in [-0.2, 0) is 28.6 Å². The summed E-state index contributed by atoms with van der Waals surface area (Å²) in [5.74, 6) is 0.932. The SMILES string of the molecule is CC[C@H]1[C@@H](OC(C)=O)C2C3CC[C@H]([C@H](C)CCC(=O)OC)[C@@]3(C)CC(O)C2[C@@]2(C)CC[C@@H](OC(C)=O)C[C@@H]12. The Morgan fingerprint density at radius 1 is 1.00 bits per heavy atom. The van der Waals surface area contributed by atoms with Crippen LogP contribution in [0.1, 0.15) is 99.3 Å². The fourth-order valence-electron chi connectivity index (χ4n) is 10.3. The molecule has 0 aromatic carbocycles. The molecule has 0 heterocycles. The van der Waals surface area contributed by atoms with Crippen LogP contribution >= 0.6 is 0 Å². The van der Waals surface area contributed by atoms with Gasteiger partial charge in [-0.15, -0.1) is 0 Å². The second kappa shape index (κ2) is 11.1. The third kappa shape index (κ3) is 5.01. The molecule has 216 valence electrons. The molecule has 4 aliphatic rings. The van der Waals surface area contributed by atoms with E-state index >= 15 is 0 Å². The van der Waals surface area contributed by atoms with Crippen LogP contribution in [0.3, 0.4) is 0 Å². The highest BCUT2D eigenvalue weighted by Crippen LogP contribution is 2.70. The van der Waals surface area contributed by atoms with Gasteiger partial charge in [-0.1, -0.05) is 27.7 Å². The van der Waals surface area contributed by atoms with Gasteiger partial charge in [0.2, 0.25) is 0 Å². The largest absolute Gasteiger partial charge is 0.469 e. The molecular formula is C31H50O7. The van der Waals surface area contributed by atoms with E-state index in [1.807, 2.05) is 0 Å². The molecule has 0 aliphatic heterocycles. The van der Waals surface area contributed by atoms with Crippen molar-refractivity contribution in [1.29, 1.82) is 0 Å². The van der Waals surface area contributed by atoms with Gasteiger partial charge in [0.25, 0.3) is 0 Å². The second-order valence-corrected chi connectivity index (χ2v) is 13.5. The number of aliphatic hydroxyl groups is 1. The van der Waals surface area contributed by atoms with E-state index in [0.29, 0.717) is 24.2 Å². The van der Waals surface area contributed by atoms with Gasteiger partial charge in [0.1, 0.15) is 12.2 Å². The predicted molar refractivity (Wildman–Crippen MR) is 143 cm³/mol. The van der Waals surface area contributed by atoms with E-state index < -0.39 is 6.10 Å². The van der Waals surface area contributed by atoms with E-state index in [9.17, 15) is 19.5 Å². The van der Waals surface area contributed by atoms with E-state index in [1.165, 1.54) is 21.0 Å². The topological polar surface area (TPSA) is 99.1 Å². The molecule has 4 rings (SSSR count). The molecule has 0 radical (unpaired) electrons. The third-order valence-electron chi connectivity index (χ3n) is 11.7. The molecule has 1 N–H and O–H groups in total. The van der Waals surface area contributed by atoms with Crippen LogP contribution in [-0.4, -0.2) is 48.4 Å². The van der Waals surface area contributed by atoms with Gasteiger partial charge < -0.3 is 19.3 Å². The third-order valence-corrected chi connectivity index (χ3v) is 11.7. The van der Waals surface area contributed by atoms with E-state index in [0.717, 1.165) is 51.4 Å². The molecule has 7 heteroatoms. The molecule has 0 spiro atoms. The smallest absolute Gasteiger partial charge is 0.305 e. The van der Waals surface area contributed by atoms with Gasteiger partial charge >= 0.3 is 17.9 Å². The zero-order valence-corrected chi connectivity index (χ0v) is 24.5. The van der Waals surface area contributed by atoms with E-state index in [-0.39, 0.29) is 64.6 Å². The Morgan fingerprint density at radius 3 is 2.29 bits per heavy atom. The fraction of sp³-hybridized carbons (Fsp3) is 0.903. The quantitative estimate of drug-likeness (QED) is 0.349. The number of hydrogen-bond acceptors (Lipinski definition) is 7. The predicted octanol–water partition coefficient (Wildman–Crippen LogP) is 5.31. The first kappa shape index (κ1) is 29.4.